The maximum atomic E-state index is 5.57. The Morgan fingerprint density at radius 3 is 2.73 bits per heavy atom. The molecule has 5 nitrogen and oxygen atoms in total. The smallest absolute Gasteiger partial charge is 0.224 e. The molecule has 0 aliphatic heterocycles. The van der Waals surface area contributed by atoms with Crippen molar-refractivity contribution in [3.63, 3.8) is 0 Å². The molecule has 0 aromatic carbocycles. The van der Waals surface area contributed by atoms with E-state index in [1.54, 1.807) is 6.26 Å². The van der Waals surface area contributed by atoms with E-state index >= 15 is 0 Å². The van der Waals surface area contributed by atoms with Crippen molar-refractivity contribution >= 4 is 17.7 Å². The first-order chi connectivity index (χ1) is 7.19. The van der Waals surface area contributed by atoms with Gasteiger partial charge in [0, 0.05) is 0 Å². The number of nitrogens with zero attached hydrogens (tertiary/aromatic N) is 3. The van der Waals surface area contributed by atoms with Crippen LogP contribution in [0.2, 0.25) is 0 Å². The summed E-state index contributed by atoms with van der Waals surface area (Å²) in [6.45, 7) is 1.86. The van der Waals surface area contributed by atoms with Gasteiger partial charge in [0.2, 0.25) is 5.95 Å². The van der Waals surface area contributed by atoms with E-state index in [9.17, 15) is 0 Å². The second-order valence-corrected chi connectivity index (χ2v) is 3.72. The largest absolute Gasteiger partial charge is 0.469 e. The van der Waals surface area contributed by atoms with Crippen LogP contribution in [0.15, 0.2) is 21.9 Å². The average Bonchev–Trinajstić information content (AvgIpc) is 2.64. The topological polar surface area (TPSA) is 77.8 Å². The standard InChI is InChI=1S/C9H10N4OS/c1-5-3-6(4-14-5)7-11-8(10)13-9(12-7)15-2/h3-4H,1-2H3,(H2,10,11,12,13). The molecule has 2 aromatic heterocycles. The summed E-state index contributed by atoms with van der Waals surface area (Å²) >= 11 is 1.43. The summed E-state index contributed by atoms with van der Waals surface area (Å²) in [6, 6.07) is 1.86. The highest BCUT2D eigenvalue weighted by Crippen LogP contribution is 2.20. The Kier molecular flexibility index (Phi) is 2.59. The van der Waals surface area contributed by atoms with E-state index < -0.39 is 0 Å². The number of anilines is 1. The zero-order chi connectivity index (χ0) is 10.8. The molecule has 0 spiro atoms. The Morgan fingerprint density at radius 1 is 1.33 bits per heavy atom. The lowest BCUT2D eigenvalue weighted by Gasteiger charge is -1.99. The van der Waals surface area contributed by atoms with Crippen LogP contribution in [0.3, 0.4) is 0 Å². The molecule has 0 aliphatic rings. The van der Waals surface area contributed by atoms with Crippen molar-refractivity contribution in [2.45, 2.75) is 12.1 Å². The first kappa shape index (κ1) is 9.97. The van der Waals surface area contributed by atoms with E-state index in [-0.39, 0.29) is 5.95 Å². The van der Waals surface area contributed by atoms with Crippen LogP contribution in [0.5, 0.6) is 0 Å². The number of rotatable bonds is 2. The Hall–Kier alpha value is -1.56. The number of nitrogens with two attached hydrogens (primary N) is 1. The normalized spacial score (nSPS) is 10.5. The molecule has 0 saturated heterocycles. The molecule has 0 radical (unpaired) electrons. The monoisotopic (exact) mass is 222 g/mol. The second-order valence-electron chi connectivity index (χ2n) is 2.95. The van der Waals surface area contributed by atoms with E-state index in [4.69, 9.17) is 10.2 Å². The predicted octanol–water partition coefficient (Wildman–Crippen LogP) is 1.74. The van der Waals surface area contributed by atoms with E-state index in [1.807, 2.05) is 19.2 Å². The van der Waals surface area contributed by atoms with Crippen LogP contribution in [0, 0.1) is 6.92 Å². The fraction of sp³-hybridized carbons (Fsp3) is 0.222. The van der Waals surface area contributed by atoms with Crippen LogP contribution in [0.25, 0.3) is 11.4 Å². The van der Waals surface area contributed by atoms with Gasteiger partial charge >= 0.3 is 0 Å². The van der Waals surface area contributed by atoms with Gasteiger partial charge in [-0.15, -0.1) is 0 Å². The average molecular weight is 222 g/mol. The van der Waals surface area contributed by atoms with E-state index in [0.29, 0.717) is 11.0 Å². The summed E-state index contributed by atoms with van der Waals surface area (Å²) in [6.07, 6.45) is 3.49. The van der Waals surface area contributed by atoms with Gasteiger partial charge in [-0.1, -0.05) is 11.8 Å². The van der Waals surface area contributed by atoms with Crippen molar-refractivity contribution in [3.8, 4) is 11.4 Å². The lowest BCUT2D eigenvalue weighted by molar-refractivity contribution is 0.534. The molecule has 2 heterocycles. The molecular weight excluding hydrogens is 212 g/mol. The van der Waals surface area contributed by atoms with E-state index in [2.05, 4.69) is 15.0 Å². The fourth-order valence-corrected chi connectivity index (χ4v) is 1.52. The van der Waals surface area contributed by atoms with Gasteiger partial charge in [0.1, 0.15) is 12.0 Å². The minimum absolute atomic E-state index is 0.225. The number of nitrogen functional groups attached to an aromatic ring is 1. The molecular formula is C9H10N4OS. The van der Waals surface area contributed by atoms with Gasteiger partial charge in [0.15, 0.2) is 11.0 Å². The molecule has 0 fully saturated rings. The minimum atomic E-state index is 0.225. The van der Waals surface area contributed by atoms with E-state index in [0.717, 1.165) is 11.3 Å². The Balaban J connectivity index is 2.48. The predicted molar refractivity (Wildman–Crippen MR) is 58.5 cm³/mol. The molecule has 0 unspecified atom stereocenters. The lowest BCUT2D eigenvalue weighted by atomic mass is 10.3. The molecule has 2 rings (SSSR count). The SMILES string of the molecule is CSc1nc(N)nc(-c2coc(C)c2)n1. The lowest BCUT2D eigenvalue weighted by Crippen LogP contribution is -2.00. The molecule has 0 amide bonds. The number of aromatic nitrogens is 3. The first-order valence-electron chi connectivity index (χ1n) is 4.30. The summed E-state index contributed by atoms with van der Waals surface area (Å²) < 4.78 is 5.18. The molecule has 0 aliphatic carbocycles. The first-order valence-corrected chi connectivity index (χ1v) is 5.52. The van der Waals surface area contributed by atoms with Gasteiger partial charge < -0.3 is 10.2 Å². The van der Waals surface area contributed by atoms with Crippen LogP contribution >= 0.6 is 11.8 Å². The molecule has 2 N–H and O–H groups in total. The number of furan rings is 1. The van der Waals surface area contributed by atoms with Gasteiger partial charge in [0.25, 0.3) is 0 Å². The van der Waals surface area contributed by atoms with Gasteiger partial charge in [-0.3, -0.25) is 0 Å². The molecule has 2 aromatic rings. The summed E-state index contributed by atoms with van der Waals surface area (Å²) in [4.78, 5) is 12.3. The molecule has 15 heavy (non-hydrogen) atoms. The minimum Gasteiger partial charge on any atom is -0.469 e. The van der Waals surface area contributed by atoms with Crippen LogP contribution in [0.1, 0.15) is 5.76 Å². The Bertz CT molecular complexity index is 483. The van der Waals surface area contributed by atoms with Gasteiger partial charge in [-0.25, -0.2) is 4.98 Å². The van der Waals surface area contributed by atoms with Crippen molar-refractivity contribution < 1.29 is 4.42 Å². The van der Waals surface area contributed by atoms with Crippen molar-refractivity contribution in [2.75, 3.05) is 12.0 Å². The summed E-state index contributed by atoms with van der Waals surface area (Å²) in [7, 11) is 0. The number of hydrogen-bond donors (Lipinski definition) is 1. The van der Waals surface area contributed by atoms with Gasteiger partial charge in [0.05, 0.1) is 5.56 Å². The highest BCUT2D eigenvalue weighted by molar-refractivity contribution is 7.98. The highest BCUT2D eigenvalue weighted by atomic mass is 32.2. The summed E-state index contributed by atoms with van der Waals surface area (Å²) in [5.41, 5.74) is 6.39. The van der Waals surface area contributed by atoms with Crippen LogP contribution < -0.4 is 5.73 Å². The number of hydrogen-bond acceptors (Lipinski definition) is 6. The molecule has 6 heteroatoms. The maximum absolute atomic E-state index is 5.57. The Morgan fingerprint density at radius 2 is 2.13 bits per heavy atom. The molecule has 0 atom stereocenters. The van der Waals surface area contributed by atoms with Crippen molar-refractivity contribution in [1.29, 1.82) is 0 Å². The Labute approximate surface area is 91.1 Å². The third kappa shape index (κ3) is 2.10. The maximum Gasteiger partial charge on any atom is 0.224 e. The molecule has 0 saturated carbocycles. The second kappa shape index (κ2) is 3.90. The summed E-state index contributed by atoms with van der Waals surface area (Å²) in [5, 5.41) is 0.608. The third-order valence-electron chi connectivity index (χ3n) is 1.80. The molecule has 78 valence electrons. The number of aryl methyl sites for hydroxylation is 1. The number of thioether (sulfide) groups is 1. The van der Waals surface area contributed by atoms with Crippen LogP contribution in [-0.2, 0) is 0 Å². The zero-order valence-electron chi connectivity index (χ0n) is 8.39. The zero-order valence-corrected chi connectivity index (χ0v) is 9.21. The van der Waals surface area contributed by atoms with Crippen molar-refractivity contribution in [3.05, 3.63) is 18.1 Å². The van der Waals surface area contributed by atoms with Crippen LogP contribution in [0.4, 0.5) is 5.95 Å². The van der Waals surface area contributed by atoms with Crippen molar-refractivity contribution in [2.24, 2.45) is 0 Å². The highest BCUT2D eigenvalue weighted by Gasteiger charge is 2.08. The van der Waals surface area contributed by atoms with Crippen molar-refractivity contribution in [1.82, 2.24) is 15.0 Å². The summed E-state index contributed by atoms with van der Waals surface area (Å²) in [5.74, 6) is 1.58. The van der Waals surface area contributed by atoms with E-state index in [1.165, 1.54) is 11.8 Å². The quantitative estimate of drug-likeness (QED) is 0.780. The van der Waals surface area contributed by atoms with Gasteiger partial charge in [-0.2, -0.15) is 9.97 Å². The van der Waals surface area contributed by atoms with Crippen LogP contribution in [-0.4, -0.2) is 21.2 Å². The molecule has 0 bridgehead atoms. The fourth-order valence-electron chi connectivity index (χ4n) is 1.15. The third-order valence-corrected chi connectivity index (χ3v) is 2.35. The van der Waals surface area contributed by atoms with Gasteiger partial charge in [-0.05, 0) is 19.2 Å².